The smallest absolute Gasteiger partial charge is 0.128 e. The van der Waals surface area contributed by atoms with E-state index in [-0.39, 0.29) is 5.82 Å². The predicted octanol–water partition coefficient (Wildman–Crippen LogP) is 3.22. The van der Waals surface area contributed by atoms with Crippen LogP contribution in [0.3, 0.4) is 0 Å². The fourth-order valence-electron chi connectivity index (χ4n) is 1.86. The predicted molar refractivity (Wildman–Crippen MR) is 73.0 cm³/mol. The number of alkyl halides is 1. The third kappa shape index (κ3) is 4.74. The average molecular weight is 283 g/mol. The van der Waals surface area contributed by atoms with Gasteiger partial charge >= 0.3 is 0 Å². The van der Waals surface area contributed by atoms with E-state index in [1.165, 1.54) is 12.1 Å². The Morgan fingerprint density at radius 3 is 3.05 bits per heavy atom. The molecule has 0 bridgehead atoms. The van der Waals surface area contributed by atoms with Gasteiger partial charge in [-0.25, -0.2) is 4.39 Å². The van der Waals surface area contributed by atoms with Gasteiger partial charge in [0.15, 0.2) is 0 Å². The molecule has 19 heavy (non-hydrogen) atoms. The first-order chi connectivity index (χ1) is 9.28. The highest BCUT2D eigenvalue weighted by Gasteiger charge is 2.16. The first kappa shape index (κ1) is 14.2. The maximum atomic E-state index is 13.4. The van der Waals surface area contributed by atoms with Crippen molar-refractivity contribution in [2.24, 2.45) is 5.92 Å². The zero-order valence-corrected chi connectivity index (χ0v) is 11.4. The summed E-state index contributed by atoms with van der Waals surface area (Å²) in [5, 5.41) is 0. The minimum Gasteiger partial charge on any atom is -0.493 e. The van der Waals surface area contributed by atoms with E-state index in [1.807, 2.05) is 0 Å². The van der Waals surface area contributed by atoms with Crippen molar-refractivity contribution in [3.63, 3.8) is 0 Å². The largest absolute Gasteiger partial charge is 0.493 e. The van der Waals surface area contributed by atoms with Gasteiger partial charge in [0.25, 0.3) is 0 Å². The van der Waals surface area contributed by atoms with Gasteiger partial charge in [-0.3, -0.25) is 0 Å². The first-order valence-electron chi connectivity index (χ1n) is 6.34. The van der Waals surface area contributed by atoms with Crippen LogP contribution in [0.15, 0.2) is 18.2 Å². The lowest BCUT2D eigenvalue weighted by Crippen LogP contribution is -2.11. The summed E-state index contributed by atoms with van der Waals surface area (Å²) in [7, 11) is 0. The summed E-state index contributed by atoms with van der Waals surface area (Å²) in [5.74, 6) is 6.81. The summed E-state index contributed by atoms with van der Waals surface area (Å²) in [6, 6.07) is 4.52. The van der Waals surface area contributed by atoms with Crippen molar-refractivity contribution >= 4 is 11.6 Å². The Morgan fingerprint density at radius 2 is 2.32 bits per heavy atom. The Kier molecular flexibility index (Phi) is 5.50. The Morgan fingerprint density at radius 1 is 1.42 bits per heavy atom. The second kappa shape index (κ2) is 7.37. The van der Waals surface area contributed by atoms with Gasteiger partial charge in [0.05, 0.1) is 13.2 Å². The number of benzene rings is 1. The second-order valence-corrected chi connectivity index (χ2v) is 4.83. The van der Waals surface area contributed by atoms with Crippen LogP contribution in [0.5, 0.6) is 5.75 Å². The zero-order chi connectivity index (χ0) is 13.5. The van der Waals surface area contributed by atoms with Gasteiger partial charge < -0.3 is 9.47 Å². The molecule has 0 amide bonds. The standard InChI is InChI=1S/C15H16ClFO2/c16-5-2-1-3-12-7-14(17)9-15(8-12)19-11-13-4-6-18-10-13/h7-9,13H,2,4-6,10-11H2. The summed E-state index contributed by atoms with van der Waals surface area (Å²) in [6.07, 6.45) is 1.59. The topological polar surface area (TPSA) is 18.5 Å². The number of hydrogen-bond acceptors (Lipinski definition) is 2. The molecule has 0 saturated carbocycles. The minimum absolute atomic E-state index is 0.338. The van der Waals surface area contributed by atoms with Gasteiger partial charge in [-0.2, -0.15) is 0 Å². The molecule has 2 nitrogen and oxygen atoms in total. The molecule has 0 aromatic heterocycles. The molecule has 1 aliphatic heterocycles. The molecular formula is C15H16ClFO2. The van der Waals surface area contributed by atoms with Crippen molar-refractivity contribution in [1.29, 1.82) is 0 Å². The third-order valence-corrected chi connectivity index (χ3v) is 3.02. The van der Waals surface area contributed by atoms with Gasteiger partial charge in [-0.1, -0.05) is 11.8 Å². The molecule has 2 rings (SSSR count). The van der Waals surface area contributed by atoms with Gasteiger partial charge in [0.2, 0.25) is 0 Å². The fraction of sp³-hybridized carbons (Fsp3) is 0.467. The Hall–Kier alpha value is -1.24. The Balaban J connectivity index is 1.97. The Bertz CT molecular complexity index is 473. The molecule has 1 aromatic carbocycles. The molecular weight excluding hydrogens is 267 g/mol. The molecule has 1 aromatic rings. The number of hydrogen-bond donors (Lipinski definition) is 0. The van der Waals surface area contributed by atoms with Crippen LogP contribution in [0.2, 0.25) is 0 Å². The molecule has 1 fully saturated rings. The summed E-state index contributed by atoms with van der Waals surface area (Å²) >= 11 is 5.54. The molecule has 1 heterocycles. The molecule has 0 N–H and O–H groups in total. The van der Waals surface area contributed by atoms with Crippen molar-refractivity contribution in [1.82, 2.24) is 0 Å². The molecule has 0 radical (unpaired) electrons. The van der Waals surface area contributed by atoms with Crippen LogP contribution in [0.25, 0.3) is 0 Å². The molecule has 0 aliphatic carbocycles. The average Bonchev–Trinajstić information content (AvgIpc) is 2.89. The van der Waals surface area contributed by atoms with Gasteiger partial charge in [0, 0.05) is 36.5 Å². The van der Waals surface area contributed by atoms with Crippen LogP contribution < -0.4 is 4.74 Å². The molecule has 1 unspecified atom stereocenters. The van der Waals surface area contributed by atoms with E-state index >= 15 is 0 Å². The highest BCUT2D eigenvalue weighted by molar-refractivity contribution is 6.18. The summed E-state index contributed by atoms with van der Waals surface area (Å²) < 4.78 is 24.3. The number of halogens is 2. The van der Waals surface area contributed by atoms with Crippen LogP contribution >= 0.6 is 11.6 Å². The van der Waals surface area contributed by atoms with Gasteiger partial charge in [0.1, 0.15) is 11.6 Å². The molecule has 102 valence electrons. The minimum atomic E-state index is -0.338. The van der Waals surface area contributed by atoms with E-state index < -0.39 is 0 Å². The van der Waals surface area contributed by atoms with Crippen LogP contribution in [-0.4, -0.2) is 25.7 Å². The monoisotopic (exact) mass is 282 g/mol. The van der Waals surface area contributed by atoms with Crippen LogP contribution in [0, 0.1) is 23.6 Å². The normalized spacial score (nSPS) is 17.9. The van der Waals surface area contributed by atoms with E-state index in [0.717, 1.165) is 19.6 Å². The van der Waals surface area contributed by atoms with Crippen molar-refractivity contribution in [2.75, 3.05) is 25.7 Å². The summed E-state index contributed by atoms with van der Waals surface area (Å²) in [6.45, 7) is 2.06. The first-order valence-corrected chi connectivity index (χ1v) is 6.87. The molecule has 1 aliphatic rings. The SMILES string of the molecule is Fc1cc(C#CCCCl)cc(OCC2CCOC2)c1. The van der Waals surface area contributed by atoms with Gasteiger partial charge in [-0.05, 0) is 18.6 Å². The van der Waals surface area contributed by atoms with Crippen molar-refractivity contribution in [2.45, 2.75) is 12.8 Å². The quantitative estimate of drug-likeness (QED) is 0.624. The zero-order valence-electron chi connectivity index (χ0n) is 10.6. The number of rotatable bonds is 4. The van der Waals surface area contributed by atoms with Crippen LogP contribution in [0.4, 0.5) is 4.39 Å². The maximum absolute atomic E-state index is 13.4. The van der Waals surface area contributed by atoms with E-state index in [9.17, 15) is 4.39 Å². The molecule has 0 spiro atoms. The number of ether oxygens (including phenoxy) is 2. The van der Waals surface area contributed by atoms with Crippen molar-refractivity contribution < 1.29 is 13.9 Å². The second-order valence-electron chi connectivity index (χ2n) is 4.46. The maximum Gasteiger partial charge on any atom is 0.128 e. The van der Waals surface area contributed by atoms with E-state index in [2.05, 4.69) is 11.8 Å². The van der Waals surface area contributed by atoms with E-state index in [4.69, 9.17) is 21.1 Å². The van der Waals surface area contributed by atoms with Gasteiger partial charge in [-0.15, -0.1) is 11.6 Å². The van der Waals surface area contributed by atoms with E-state index in [0.29, 0.717) is 36.1 Å². The fourth-order valence-corrected chi connectivity index (χ4v) is 1.95. The van der Waals surface area contributed by atoms with Crippen molar-refractivity contribution in [3.8, 4) is 17.6 Å². The van der Waals surface area contributed by atoms with Crippen LogP contribution in [0.1, 0.15) is 18.4 Å². The summed E-state index contributed by atoms with van der Waals surface area (Å²) in [4.78, 5) is 0. The molecule has 4 heteroatoms. The lowest BCUT2D eigenvalue weighted by atomic mass is 10.1. The van der Waals surface area contributed by atoms with E-state index in [1.54, 1.807) is 6.07 Å². The van der Waals surface area contributed by atoms with Crippen molar-refractivity contribution in [3.05, 3.63) is 29.6 Å². The third-order valence-electron chi connectivity index (χ3n) is 2.83. The van der Waals surface area contributed by atoms with Crippen LogP contribution in [-0.2, 0) is 4.74 Å². The highest BCUT2D eigenvalue weighted by atomic mass is 35.5. The lowest BCUT2D eigenvalue weighted by Gasteiger charge is -2.10. The molecule has 1 saturated heterocycles. The summed E-state index contributed by atoms with van der Waals surface area (Å²) in [5.41, 5.74) is 0.614. The molecule has 1 atom stereocenters. The highest BCUT2D eigenvalue weighted by Crippen LogP contribution is 2.19. The Labute approximate surface area is 117 Å². The lowest BCUT2D eigenvalue weighted by molar-refractivity contribution is 0.167.